The van der Waals surface area contributed by atoms with Gasteiger partial charge in [0.1, 0.15) is 11.1 Å². The zero-order valence-electron chi connectivity index (χ0n) is 14.3. The highest BCUT2D eigenvalue weighted by Crippen LogP contribution is 2.27. The summed E-state index contributed by atoms with van der Waals surface area (Å²) >= 11 is 7.33. The topological polar surface area (TPSA) is 65.8 Å². The fourth-order valence-corrected chi connectivity index (χ4v) is 3.51. The Morgan fingerprint density at radius 3 is 2.81 bits per heavy atom. The average Bonchev–Trinajstić information content (AvgIpc) is 2.63. The first kappa shape index (κ1) is 18.2. The van der Waals surface area contributed by atoms with E-state index >= 15 is 0 Å². The van der Waals surface area contributed by atoms with Crippen LogP contribution in [0.25, 0.3) is 10.9 Å². The van der Waals surface area contributed by atoms with E-state index in [1.54, 1.807) is 12.1 Å². The molecule has 3 rings (SSSR count). The van der Waals surface area contributed by atoms with E-state index in [1.807, 2.05) is 44.2 Å². The van der Waals surface area contributed by atoms with Crippen molar-refractivity contribution in [2.24, 2.45) is 0 Å². The summed E-state index contributed by atoms with van der Waals surface area (Å²) in [5, 5.41) is 14.3. The Bertz CT molecular complexity index is 1040. The molecule has 0 atom stereocenters. The molecule has 4 nitrogen and oxygen atoms in total. The number of hydrogen-bond donors (Lipinski definition) is 1. The first-order valence-corrected chi connectivity index (χ1v) is 9.34. The van der Waals surface area contributed by atoms with Gasteiger partial charge in [0.2, 0.25) is 5.91 Å². The number of aromatic nitrogens is 1. The molecule has 1 amide bonds. The number of para-hydroxylation sites is 1. The van der Waals surface area contributed by atoms with Crippen molar-refractivity contribution in [3.05, 3.63) is 64.2 Å². The number of anilines is 1. The molecule has 1 heterocycles. The second kappa shape index (κ2) is 7.77. The highest BCUT2D eigenvalue weighted by molar-refractivity contribution is 8.00. The maximum atomic E-state index is 12.3. The molecule has 0 aliphatic rings. The Labute approximate surface area is 161 Å². The minimum absolute atomic E-state index is 0.158. The number of carbonyl (C=O) groups excluding carboxylic acids is 1. The normalized spacial score (nSPS) is 10.5. The van der Waals surface area contributed by atoms with Gasteiger partial charge in [0.05, 0.1) is 16.8 Å². The van der Waals surface area contributed by atoms with Crippen molar-refractivity contribution < 1.29 is 4.79 Å². The molecule has 3 aromatic rings. The standard InChI is InChI=1S/C20H16ClN3OS/c1-12-5-3-6-14-9-15(10-22)20(24-19(12)14)26-11-18(25)23-17-8-4-7-16(21)13(17)2/h3-9H,11H2,1-2H3,(H,23,25). The summed E-state index contributed by atoms with van der Waals surface area (Å²) in [6, 6.07) is 15.2. The first-order chi connectivity index (χ1) is 12.5. The van der Waals surface area contributed by atoms with E-state index in [9.17, 15) is 10.1 Å². The molecular weight excluding hydrogens is 366 g/mol. The third-order valence-electron chi connectivity index (χ3n) is 4.01. The zero-order chi connectivity index (χ0) is 18.7. The van der Waals surface area contributed by atoms with Gasteiger partial charge in [0.15, 0.2) is 0 Å². The fourth-order valence-electron chi connectivity index (χ4n) is 2.58. The third kappa shape index (κ3) is 3.82. The van der Waals surface area contributed by atoms with E-state index in [2.05, 4.69) is 16.4 Å². The number of carbonyl (C=O) groups is 1. The number of pyridine rings is 1. The Kier molecular flexibility index (Phi) is 5.46. The monoisotopic (exact) mass is 381 g/mol. The molecule has 0 saturated heterocycles. The number of halogens is 1. The summed E-state index contributed by atoms with van der Waals surface area (Å²) in [6.45, 7) is 3.83. The predicted molar refractivity (Wildman–Crippen MR) is 107 cm³/mol. The van der Waals surface area contributed by atoms with Gasteiger partial charge in [-0.25, -0.2) is 4.98 Å². The van der Waals surface area contributed by atoms with Gasteiger partial charge in [-0.2, -0.15) is 5.26 Å². The zero-order valence-corrected chi connectivity index (χ0v) is 15.9. The Morgan fingerprint density at radius 1 is 1.27 bits per heavy atom. The number of benzene rings is 2. The van der Waals surface area contributed by atoms with E-state index in [0.29, 0.717) is 21.3 Å². The minimum atomic E-state index is -0.170. The summed E-state index contributed by atoms with van der Waals surface area (Å²) < 4.78 is 0. The number of fused-ring (bicyclic) bond motifs is 1. The molecule has 6 heteroatoms. The van der Waals surface area contributed by atoms with E-state index in [4.69, 9.17) is 11.6 Å². The van der Waals surface area contributed by atoms with Gasteiger partial charge < -0.3 is 5.32 Å². The van der Waals surface area contributed by atoms with Crippen LogP contribution in [-0.2, 0) is 4.79 Å². The molecular formula is C20H16ClN3OS. The third-order valence-corrected chi connectivity index (χ3v) is 5.42. The summed E-state index contributed by atoms with van der Waals surface area (Å²) in [5.74, 6) is -0.0127. The molecule has 0 radical (unpaired) electrons. The van der Waals surface area contributed by atoms with Crippen molar-refractivity contribution in [2.45, 2.75) is 18.9 Å². The van der Waals surface area contributed by atoms with Crippen molar-refractivity contribution in [1.82, 2.24) is 4.98 Å². The molecule has 26 heavy (non-hydrogen) atoms. The van der Waals surface area contributed by atoms with Crippen LogP contribution in [0.15, 0.2) is 47.5 Å². The van der Waals surface area contributed by atoms with Crippen molar-refractivity contribution in [3.8, 4) is 6.07 Å². The fraction of sp³-hybridized carbons (Fsp3) is 0.150. The molecule has 0 saturated carbocycles. The molecule has 0 bridgehead atoms. The van der Waals surface area contributed by atoms with Crippen LogP contribution in [0.4, 0.5) is 5.69 Å². The van der Waals surface area contributed by atoms with Crippen LogP contribution in [0.5, 0.6) is 0 Å². The Morgan fingerprint density at radius 2 is 2.04 bits per heavy atom. The first-order valence-electron chi connectivity index (χ1n) is 7.98. The van der Waals surface area contributed by atoms with Crippen LogP contribution in [0.2, 0.25) is 5.02 Å². The molecule has 0 fully saturated rings. The van der Waals surface area contributed by atoms with Crippen molar-refractivity contribution in [2.75, 3.05) is 11.1 Å². The molecule has 0 aliphatic carbocycles. The lowest BCUT2D eigenvalue weighted by Gasteiger charge is -2.10. The highest BCUT2D eigenvalue weighted by Gasteiger charge is 2.12. The van der Waals surface area contributed by atoms with Gasteiger partial charge in [0.25, 0.3) is 0 Å². The van der Waals surface area contributed by atoms with E-state index < -0.39 is 0 Å². The predicted octanol–water partition coefficient (Wildman–Crippen LogP) is 5.11. The van der Waals surface area contributed by atoms with Crippen LogP contribution in [0.3, 0.4) is 0 Å². The molecule has 130 valence electrons. The molecule has 0 spiro atoms. The van der Waals surface area contributed by atoms with Crippen LogP contribution < -0.4 is 5.32 Å². The Hall–Kier alpha value is -2.55. The summed E-state index contributed by atoms with van der Waals surface area (Å²) in [4.78, 5) is 16.9. The summed E-state index contributed by atoms with van der Waals surface area (Å²) in [7, 11) is 0. The number of nitrogens with one attached hydrogen (secondary N) is 1. The average molecular weight is 382 g/mol. The number of rotatable bonds is 4. The highest BCUT2D eigenvalue weighted by atomic mass is 35.5. The lowest BCUT2D eigenvalue weighted by Crippen LogP contribution is -2.15. The maximum absolute atomic E-state index is 12.3. The smallest absolute Gasteiger partial charge is 0.234 e. The van der Waals surface area contributed by atoms with Crippen molar-refractivity contribution in [3.63, 3.8) is 0 Å². The number of nitrogens with zero attached hydrogens (tertiary/aromatic N) is 2. The Balaban J connectivity index is 1.78. The second-order valence-electron chi connectivity index (χ2n) is 5.85. The molecule has 0 aliphatic heterocycles. The molecule has 1 N–H and O–H groups in total. The SMILES string of the molecule is Cc1c(Cl)cccc1NC(=O)CSc1nc2c(C)cccc2cc1C#N. The van der Waals surface area contributed by atoms with E-state index in [0.717, 1.165) is 22.0 Å². The number of thioether (sulfide) groups is 1. The van der Waals surface area contributed by atoms with Gasteiger partial charge >= 0.3 is 0 Å². The van der Waals surface area contributed by atoms with Crippen LogP contribution in [0.1, 0.15) is 16.7 Å². The number of amides is 1. The largest absolute Gasteiger partial charge is 0.325 e. The van der Waals surface area contributed by atoms with Gasteiger partial charge in [-0.3, -0.25) is 4.79 Å². The van der Waals surface area contributed by atoms with Crippen molar-refractivity contribution in [1.29, 1.82) is 5.26 Å². The van der Waals surface area contributed by atoms with Crippen LogP contribution in [0, 0.1) is 25.2 Å². The molecule has 0 unspecified atom stereocenters. The minimum Gasteiger partial charge on any atom is -0.325 e. The maximum Gasteiger partial charge on any atom is 0.234 e. The van der Waals surface area contributed by atoms with Crippen molar-refractivity contribution >= 4 is 45.9 Å². The van der Waals surface area contributed by atoms with Gasteiger partial charge in [-0.05, 0) is 43.2 Å². The summed E-state index contributed by atoms with van der Waals surface area (Å²) in [5.41, 5.74) is 3.86. The van der Waals surface area contributed by atoms with E-state index in [-0.39, 0.29) is 11.7 Å². The lowest BCUT2D eigenvalue weighted by molar-refractivity contribution is -0.113. The van der Waals surface area contributed by atoms with Crippen LogP contribution in [-0.4, -0.2) is 16.6 Å². The van der Waals surface area contributed by atoms with Gasteiger partial charge in [0, 0.05) is 16.1 Å². The quantitative estimate of drug-likeness (QED) is 0.638. The molecule has 2 aromatic carbocycles. The second-order valence-corrected chi connectivity index (χ2v) is 7.22. The number of hydrogen-bond acceptors (Lipinski definition) is 4. The van der Waals surface area contributed by atoms with E-state index in [1.165, 1.54) is 11.8 Å². The van der Waals surface area contributed by atoms with Gasteiger partial charge in [-0.15, -0.1) is 0 Å². The van der Waals surface area contributed by atoms with Gasteiger partial charge in [-0.1, -0.05) is 47.6 Å². The molecule has 1 aromatic heterocycles. The summed E-state index contributed by atoms with van der Waals surface area (Å²) in [6.07, 6.45) is 0. The lowest BCUT2D eigenvalue weighted by atomic mass is 10.1. The number of nitriles is 1. The number of aryl methyl sites for hydroxylation is 1. The van der Waals surface area contributed by atoms with Crippen LogP contribution >= 0.6 is 23.4 Å².